The van der Waals surface area contributed by atoms with Crippen molar-refractivity contribution < 1.29 is 13.9 Å². The minimum Gasteiger partial charge on any atom is -0.467 e. The van der Waals surface area contributed by atoms with Gasteiger partial charge in [-0.15, -0.1) is 10.2 Å². The van der Waals surface area contributed by atoms with Gasteiger partial charge in [0.2, 0.25) is 5.91 Å². The number of thioether (sulfide) groups is 1. The van der Waals surface area contributed by atoms with Crippen molar-refractivity contribution in [2.24, 2.45) is 0 Å². The second-order valence-electron chi connectivity index (χ2n) is 7.61. The molecule has 7 nitrogen and oxygen atoms in total. The Kier molecular flexibility index (Phi) is 7.79. The molecule has 0 unspecified atom stereocenters. The summed E-state index contributed by atoms with van der Waals surface area (Å²) in [5.74, 6) is 1.88. The fourth-order valence-electron chi connectivity index (χ4n) is 3.76. The Labute approximate surface area is 192 Å². The summed E-state index contributed by atoms with van der Waals surface area (Å²) in [6.07, 6.45) is 8.03. The van der Waals surface area contributed by atoms with E-state index in [9.17, 15) is 4.79 Å². The molecule has 1 aliphatic carbocycles. The molecule has 1 amide bonds. The van der Waals surface area contributed by atoms with Crippen molar-refractivity contribution >= 4 is 17.7 Å². The Balaban J connectivity index is 1.51. The number of aromatic nitrogens is 3. The van der Waals surface area contributed by atoms with E-state index in [1.807, 2.05) is 51.9 Å². The Morgan fingerprint density at radius 1 is 1.19 bits per heavy atom. The molecule has 0 bridgehead atoms. The van der Waals surface area contributed by atoms with Crippen molar-refractivity contribution in [2.75, 3.05) is 19.5 Å². The van der Waals surface area contributed by atoms with Gasteiger partial charge in [0.1, 0.15) is 5.76 Å². The normalized spacial score (nSPS) is 13.7. The van der Waals surface area contributed by atoms with Gasteiger partial charge in [0.25, 0.3) is 0 Å². The minimum atomic E-state index is 0.0436. The van der Waals surface area contributed by atoms with Gasteiger partial charge in [-0.3, -0.25) is 9.36 Å². The summed E-state index contributed by atoms with van der Waals surface area (Å²) < 4.78 is 12.8. The van der Waals surface area contributed by atoms with Crippen LogP contribution in [-0.2, 0) is 22.6 Å². The third-order valence-electron chi connectivity index (χ3n) is 5.40. The number of methoxy groups -OCH3 is 1. The molecule has 4 rings (SSSR count). The molecule has 0 N–H and O–H groups in total. The van der Waals surface area contributed by atoms with Crippen LogP contribution in [0.5, 0.6) is 0 Å². The van der Waals surface area contributed by atoms with Crippen LogP contribution in [0.2, 0.25) is 0 Å². The molecule has 0 fully saturated rings. The second-order valence-corrected chi connectivity index (χ2v) is 8.55. The largest absolute Gasteiger partial charge is 0.467 e. The molecule has 1 aliphatic rings. The molecule has 0 saturated heterocycles. The molecule has 8 heteroatoms. The number of carbonyl (C=O) groups excluding carboxylic acids is 1. The molecule has 168 valence electrons. The molecule has 0 radical (unpaired) electrons. The monoisotopic (exact) mass is 452 g/mol. The highest BCUT2D eigenvalue weighted by Crippen LogP contribution is 2.27. The highest BCUT2D eigenvalue weighted by molar-refractivity contribution is 7.99. The Hall–Kier alpha value is -2.84. The number of rotatable bonds is 10. The van der Waals surface area contributed by atoms with E-state index in [1.54, 1.807) is 13.4 Å². The lowest BCUT2D eigenvalue weighted by molar-refractivity contribution is -0.127. The molecule has 0 spiro atoms. The van der Waals surface area contributed by atoms with Crippen molar-refractivity contribution in [2.45, 2.75) is 43.9 Å². The van der Waals surface area contributed by atoms with Crippen LogP contribution in [0.25, 0.3) is 11.4 Å². The summed E-state index contributed by atoms with van der Waals surface area (Å²) in [5, 5.41) is 9.49. The standard InChI is InChI=1S/C24H28N4O3S/c1-30-16-14-27-23(19-9-4-2-5-10-19)25-26-24(27)32-18-22(29)28(17-21-13-8-15-31-21)20-11-6-3-7-12-20/h2,4-5,8-11,13,15H,3,6-7,12,14,16-18H2,1H3. The molecule has 1 aromatic carbocycles. The van der Waals surface area contributed by atoms with Crippen LogP contribution in [0, 0.1) is 0 Å². The van der Waals surface area contributed by atoms with E-state index in [0.29, 0.717) is 24.9 Å². The highest BCUT2D eigenvalue weighted by atomic mass is 32.2. The van der Waals surface area contributed by atoms with E-state index in [4.69, 9.17) is 9.15 Å². The zero-order chi connectivity index (χ0) is 22.2. The smallest absolute Gasteiger partial charge is 0.237 e. The van der Waals surface area contributed by atoms with Gasteiger partial charge in [0.15, 0.2) is 11.0 Å². The average molecular weight is 453 g/mol. The van der Waals surface area contributed by atoms with Gasteiger partial charge >= 0.3 is 0 Å². The predicted molar refractivity (Wildman–Crippen MR) is 124 cm³/mol. The SMILES string of the molecule is COCCn1c(SCC(=O)N(Cc2ccco2)C2=CCCCC2)nnc1-c1ccccc1. The first-order valence-corrected chi connectivity index (χ1v) is 11.9. The second kappa shape index (κ2) is 11.2. The summed E-state index contributed by atoms with van der Waals surface area (Å²) in [6.45, 7) is 1.60. The van der Waals surface area contributed by atoms with Gasteiger partial charge in [-0.1, -0.05) is 48.2 Å². The summed E-state index contributed by atoms with van der Waals surface area (Å²) in [6, 6.07) is 13.7. The first-order valence-electron chi connectivity index (χ1n) is 10.9. The molecule has 0 aliphatic heterocycles. The van der Waals surface area contributed by atoms with E-state index in [1.165, 1.54) is 18.2 Å². The Bertz CT molecular complexity index is 1030. The fraction of sp³-hybridized carbons (Fsp3) is 0.375. The zero-order valence-corrected chi connectivity index (χ0v) is 19.1. The lowest BCUT2D eigenvalue weighted by Crippen LogP contribution is -2.32. The molecule has 32 heavy (non-hydrogen) atoms. The molecule has 2 heterocycles. The van der Waals surface area contributed by atoms with Gasteiger partial charge in [0.05, 0.1) is 31.7 Å². The maximum atomic E-state index is 13.3. The quantitative estimate of drug-likeness (QED) is 0.413. The number of furan rings is 1. The van der Waals surface area contributed by atoms with E-state index in [-0.39, 0.29) is 11.7 Å². The van der Waals surface area contributed by atoms with Crippen LogP contribution in [0.4, 0.5) is 0 Å². The summed E-state index contributed by atoms with van der Waals surface area (Å²) in [4.78, 5) is 15.1. The van der Waals surface area contributed by atoms with Gasteiger partial charge in [-0.05, 0) is 37.8 Å². The van der Waals surface area contributed by atoms with Crippen LogP contribution in [-0.4, -0.2) is 45.0 Å². The lowest BCUT2D eigenvalue weighted by atomic mass is 10.0. The van der Waals surface area contributed by atoms with Crippen LogP contribution < -0.4 is 0 Å². The molecular formula is C24H28N4O3S. The highest BCUT2D eigenvalue weighted by Gasteiger charge is 2.23. The first kappa shape index (κ1) is 22.4. The Morgan fingerprint density at radius 2 is 2.06 bits per heavy atom. The van der Waals surface area contributed by atoms with E-state index in [2.05, 4.69) is 16.3 Å². The number of amides is 1. The molecule has 2 aromatic heterocycles. The summed E-state index contributed by atoms with van der Waals surface area (Å²) in [5.41, 5.74) is 2.07. The zero-order valence-electron chi connectivity index (χ0n) is 18.3. The molecule has 3 aromatic rings. The lowest BCUT2D eigenvalue weighted by Gasteiger charge is -2.27. The minimum absolute atomic E-state index is 0.0436. The van der Waals surface area contributed by atoms with Gasteiger partial charge in [0, 0.05) is 18.4 Å². The number of nitrogens with zero attached hydrogens (tertiary/aromatic N) is 4. The maximum Gasteiger partial charge on any atom is 0.237 e. The third kappa shape index (κ3) is 5.49. The van der Waals surface area contributed by atoms with Gasteiger partial charge < -0.3 is 14.1 Å². The van der Waals surface area contributed by atoms with Crippen molar-refractivity contribution in [3.8, 4) is 11.4 Å². The number of hydrogen-bond donors (Lipinski definition) is 0. The third-order valence-corrected chi connectivity index (χ3v) is 6.35. The maximum absolute atomic E-state index is 13.3. The molecular weight excluding hydrogens is 424 g/mol. The van der Waals surface area contributed by atoms with Crippen LogP contribution in [0.3, 0.4) is 0 Å². The summed E-state index contributed by atoms with van der Waals surface area (Å²) >= 11 is 1.41. The predicted octanol–water partition coefficient (Wildman–Crippen LogP) is 4.76. The molecule has 0 atom stereocenters. The van der Waals surface area contributed by atoms with Crippen molar-refractivity contribution in [1.29, 1.82) is 0 Å². The van der Waals surface area contributed by atoms with Crippen LogP contribution in [0.15, 0.2) is 70.1 Å². The number of benzene rings is 1. The van der Waals surface area contributed by atoms with Gasteiger partial charge in [-0.25, -0.2) is 0 Å². The topological polar surface area (TPSA) is 73.4 Å². The average Bonchev–Trinajstić information content (AvgIpc) is 3.50. The molecule has 0 saturated carbocycles. The first-order chi connectivity index (χ1) is 15.8. The van der Waals surface area contributed by atoms with E-state index in [0.717, 1.165) is 42.1 Å². The van der Waals surface area contributed by atoms with Crippen LogP contribution in [0.1, 0.15) is 31.4 Å². The number of allylic oxidation sites excluding steroid dienone is 2. The fourth-order valence-corrected chi connectivity index (χ4v) is 4.60. The summed E-state index contributed by atoms with van der Waals surface area (Å²) in [7, 11) is 1.67. The number of ether oxygens (including phenoxy) is 1. The van der Waals surface area contributed by atoms with Gasteiger partial charge in [-0.2, -0.15) is 0 Å². The van der Waals surface area contributed by atoms with Crippen molar-refractivity contribution in [1.82, 2.24) is 19.7 Å². The van der Waals surface area contributed by atoms with E-state index < -0.39 is 0 Å². The van der Waals surface area contributed by atoms with Crippen molar-refractivity contribution in [3.05, 3.63) is 66.3 Å². The number of hydrogen-bond acceptors (Lipinski definition) is 6. The van der Waals surface area contributed by atoms with Crippen molar-refractivity contribution in [3.63, 3.8) is 0 Å². The van der Waals surface area contributed by atoms with Crippen LogP contribution >= 0.6 is 11.8 Å². The van der Waals surface area contributed by atoms with E-state index >= 15 is 0 Å². The Morgan fingerprint density at radius 3 is 2.78 bits per heavy atom. The number of carbonyl (C=O) groups is 1.